The maximum absolute atomic E-state index is 13.2. The Morgan fingerprint density at radius 2 is 2.10 bits per heavy atom. The fourth-order valence-electron chi connectivity index (χ4n) is 1.96. The predicted octanol–water partition coefficient (Wildman–Crippen LogP) is 0.983. The van der Waals surface area contributed by atoms with Crippen molar-refractivity contribution in [3.8, 4) is 6.07 Å². The lowest BCUT2D eigenvalue weighted by Crippen LogP contribution is -2.58. The first-order valence-corrected chi connectivity index (χ1v) is 7.26. The number of carboxylic acids is 1. The van der Waals surface area contributed by atoms with Crippen LogP contribution in [0.2, 0.25) is 0 Å². The molecule has 0 heterocycles. The molecule has 1 aromatic carbocycles. The van der Waals surface area contributed by atoms with Crippen molar-refractivity contribution in [1.29, 1.82) is 5.26 Å². The first-order chi connectivity index (χ1) is 9.31. The second-order valence-electron chi connectivity index (χ2n) is 4.60. The second-order valence-corrected chi connectivity index (χ2v) is 6.28. The van der Waals surface area contributed by atoms with E-state index in [0.29, 0.717) is 6.42 Å². The molecule has 2 rings (SSSR count). The van der Waals surface area contributed by atoms with Crippen molar-refractivity contribution in [2.45, 2.75) is 29.7 Å². The van der Waals surface area contributed by atoms with Crippen molar-refractivity contribution >= 4 is 16.0 Å². The van der Waals surface area contributed by atoms with Crippen LogP contribution in [0, 0.1) is 17.1 Å². The van der Waals surface area contributed by atoms with Crippen LogP contribution in [-0.2, 0) is 14.8 Å². The van der Waals surface area contributed by atoms with Gasteiger partial charge in [0.1, 0.15) is 17.4 Å². The molecule has 1 saturated carbocycles. The molecule has 0 bridgehead atoms. The third-order valence-electron chi connectivity index (χ3n) is 3.31. The summed E-state index contributed by atoms with van der Waals surface area (Å²) in [5.74, 6) is -2.07. The van der Waals surface area contributed by atoms with Gasteiger partial charge >= 0.3 is 5.97 Å². The summed E-state index contributed by atoms with van der Waals surface area (Å²) in [5, 5.41) is 17.8. The van der Waals surface area contributed by atoms with Gasteiger partial charge in [-0.1, -0.05) is 0 Å². The van der Waals surface area contributed by atoms with E-state index in [1.165, 1.54) is 6.07 Å². The number of hydrogen-bond acceptors (Lipinski definition) is 4. The quantitative estimate of drug-likeness (QED) is 0.861. The van der Waals surface area contributed by atoms with Crippen molar-refractivity contribution in [1.82, 2.24) is 4.72 Å². The minimum absolute atomic E-state index is 0.202. The predicted molar refractivity (Wildman–Crippen MR) is 65.7 cm³/mol. The van der Waals surface area contributed by atoms with Gasteiger partial charge in [0.25, 0.3) is 0 Å². The lowest BCUT2D eigenvalue weighted by molar-refractivity contribution is -0.147. The molecule has 106 valence electrons. The van der Waals surface area contributed by atoms with Crippen molar-refractivity contribution < 1.29 is 22.7 Å². The molecule has 6 nitrogen and oxygen atoms in total. The van der Waals surface area contributed by atoms with Crippen LogP contribution < -0.4 is 4.72 Å². The molecule has 0 radical (unpaired) electrons. The van der Waals surface area contributed by atoms with Crippen LogP contribution in [-0.4, -0.2) is 25.0 Å². The van der Waals surface area contributed by atoms with Gasteiger partial charge < -0.3 is 5.11 Å². The van der Waals surface area contributed by atoms with Crippen LogP contribution in [0.1, 0.15) is 24.8 Å². The maximum Gasteiger partial charge on any atom is 0.324 e. The third kappa shape index (κ3) is 2.37. The highest BCUT2D eigenvalue weighted by Gasteiger charge is 2.47. The van der Waals surface area contributed by atoms with E-state index in [0.717, 1.165) is 18.2 Å². The Labute approximate surface area is 114 Å². The summed E-state index contributed by atoms with van der Waals surface area (Å²) in [7, 11) is -4.12. The number of sulfonamides is 1. The third-order valence-corrected chi connectivity index (χ3v) is 4.85. The van der Waals surface area contributed by atoms with E-state index in [2.05, 4.69) is 4.72 Å². The highest BCUT2D eigenvalue weighted by molar-refractivity contribution is 7.89. The molecule has 20 heavy (non-hydrogen) atoms. The van der Waals surface area contributed by atoms with E-state index < -0.39 is 32.9 Å². The molecule has 8 heteroatoms. The van der Waals surface area contributed by atoms with Crippen molar-refractivity contribution in [3.05, 3.63) is 29.6 Å². The Kier molecular flexibility index (Phi) is 3.50. The number of hydrogen-bond donors (Lipinski definition) is 2. The fraction of sp³-hybridized carbons (Fsp3) is 0.333. The second kappa shape index (κ2) is 4.85. The van der Waals surface area contributed by atoms with Gasteiger partial charge in [-0.05, 0) is 37.5 Å². The summed E-state index contributed by atoms with van der Waals surface area (Å²) in [4.78, 5) is 10.8. The Morgan fingerprint density at radius 3 is 2.55 bits per heavy atom. The van der Waals surface area contributed by atoms with Crippen LogP contribution in [0.25, 0.3) is 0 Å². The minimum Gasteiger partial charge on any atom is -0.480 e. The number of rotatable bonds is 4. The zero-order chi connectivity index (χ0) is 15.0. The first kappa shape index (κ1) is 14.4. The molecule has 1 fully saturated rings. The molecule has 1 aliphatic carbocycles. The molecule has 0 amide bonds. The summed E-state index contributed by atoms with van der Waals surface area (Å²) in [6.07, 6.45) is 1.02. The molecule has 0 spiro atoms. The van der Waals surface area contributed by atoms with Crippen LogP contribution >= 0.6 is 0 Å². The van der Waals surface area contributed by atoms with Gasteiger partial charge in [0.15, 0.2) is 0 Å². The van der Waals surface area contributed by atoms with Gasteiger partial charge in [-0.15, -0.1) is 0 Å². The van der Waals surface area contributed by atoms with Crippen LogP contribution in [0.4, 0.5) is 4.39 Å². The summed E-state index contributed by atoms with van der Waals surface area (Å²) >= 11 is 0. The molecule has 0 saturated heterocycles. The number of nitriles is 1. The van der Waals surface area contributed by atoms with E-state index in [1.807, 2.05) is 0 Å². The van der Waals surface area contributed by atoms with Crippen LogP contribution in [0.15, 0.2) is 23.1 Å². The smallest absolute Gasteiger partial charge is 0.324 e. The lowest BCUT2D eigenvalue weighted by atomic mass is 9.78. The monoisotopic (exact) mass is 298 g/mol. The summed E-state index contributed by atoms with van der Waals surface area (Å²) in [5.41, 5.74) is -1.91. The van der Waals surface area contributed by atoms with Crippen molar-refractivity contribution in [2.75, 3.05) is 0 Å². The average molecular weight is 298 g/mol. The SMILES string of the molecule is N#Cc1cc(S(=O)(=O)NC2(C(=O)O)CCC2)ccc1F. The van der Waals surface area contributed by atoms with Gasteiger partial charge in [0, 0.05) is 0 Å². The fourth-order valence-corrected chi connectivity index (χ4v) is 3.41. The molecule has 0 atom stereocenters. The van der Waals surface area contributed by atoms with E-state index in [4.69, 9.17) is 10.4 Å². The van der Waals surface area contributed by atoms with Crippen molar-refractivity contribution in [3.63, 3.8) is 0 Å². The van der Waals surface area contributed by atoms with E-state index in [9.17, 15) is 17.6 Å². The Hall–Kier alpha value is -1.98. The number of carboxylic acid groups (broad SMARTS) is 1. The topological polar surface area (TPSA) is 107 Å². The summed E-state index contributed by atoms with van der Waals surface area (Å²) in [6, 6.07) is 4.27. The molecule has 2 N–H and O–H groups in total. The molecule has 0 aliphatic heterocycles. The Morgan fingerprint density at radius 1 is 1.45 bits per heavy atom. The normalized spacial score (nSPS) is 17.0. The standard InChI is InChI=1S/C12H11FN2O4S/c13-10-3-2-9(6-8(10)7-14)20(18,19)15-12(11(16)17)4-1-5-12/h2-3,6,15H,1,4-5H2,(H,16,17). The largest absolute Gasteiger partial charge is 0.480 e. The number of nitrogens with zero attached hydrogens (tertiary/aromatic N) is 1. The zero-order valence-corrected chi connectivity index (χ0v) is 11.1. The van der Waals surface area contributed by atoms with Crippen LogP contribution in [0.5, 0.6) is 0 Å². The van der Waals surface area contributed by atoms with Crippen molar-refractivity contribution in [2.24, 2.45) is 0 Å². The number of carbonyl (C=O) groups is 1. The van der Waals surface area contributed by atoms with Gasteiger partial charge in [0.05, 0.1) is 10.5 Å². The Balaban J connectivity index is 2.37. The highest BCUT2D eigenvalue weighted by atomic mass is 32.2. The first-order valence-electron chi connectivity index (χ1n) is 5.78. The zero-order valence-electron chi connectivity index (χ0n) is 10.3. The van der Waals surface area contributed by atoms with Gasteiger partial charge in [-0.25, -0.2) is 12.8 Å². The number of benzene rings is 1. The molecule has 0 aromatic heterocycles. The van der Waals surface area contributed by atoms with Crippen LogP contribution in [0.3, 0.4) is 0 Å². The van der Waals surface area contributed by atoms with E-state index >= 15 is 0 Å². The number of halogens is 1. The summed E-state index contributed by atoms with van der Waals surface area (Å²) in [6.45, 7) is 0. The number of nitrogens with one attached hydrogen (secondary N) is 1. The van der Waals surface area contributed by atoms with Gasteiger partial charge in [0.2, 0.25) is 10.0 Å². The van der Waals surface area contributed by atoms with Gasteiger partial charge in [-0.3, -0.25) is 4.79 Å². The summed E-state index contributed by atoms with van der Waals surface area (Å²) < 4.78 is 39.5. The molecule has 1 aromatic rings. The number of aliphatic carboxylic acids is 1. The molecular weight excluding hydrogens is 287 g/mol. The lowest BCUT2D eigenvalue weighted by Gasteiger charge is -2.37. The van der Waals surface area contributed by atoms with E-state index in [-0.39, 0.29) is 17.7 Å². The molecule has 1 aliphatic rings. The van der Waals surface area contributed by atoms with Gasteiger partial charge in [-0.2, -0.15) is 9.98 Å². The highest BCUT2D eigenvalue weighted by Crippen LogP contribution is 2.33. The van der Waals surface area contributed by atoms with E-state index in [1.54, 1.807) is 0 Å². The average Bonchev–Trinajstić information content (AvgIpc) is 2.33. The molecular formula is C12H11FN2O4S. The minimum atomic E-state index is -4.12. The Bertz CT molecular complexity index is 705. The maximum atomic E-state index is 13.2. The molecule has 0 unspecified atom stereocenters.